The van der Waals surface area contributed by atoms with Crippen molar-refractivity contribution in [3.63, 3.8) is 0 Å². The van der Waals surface area contributed by atoms with Crippen molar-refractivity contribution in [2.45, 2.75) is 20.0 Å². The number of piperazine rings is 1. The van der Waals surface area contributed by atoms with Gasteiger partial charge < -0.3 is 19.9 Å². The number of nitrogens with one attached hydrogen (secondary N) is 1. The summed E-state index contributed by atoms with van der Waals surface area (Å²) in [5, 5.41) is 2.88. The molecule has 0 aromatic heterocycles. The van der Waals surface area contributed by atoms with Gasteiger partial charge in [-0.1, -0.05) is 18.2 Å². The molecular weight excluding hydrogens is 354 g/mol. The first-order valence-corrected chi connectivity index (χ1v) is 9.59. The molecule has 2 aromatic rings. The Balaban J connectivity index is 1.73. The second-order valence-electron chi connectivity index (χ2n) is 7.29. The van der Waals surface area contributed by atoms with Crippen molar-refractivity contribution in [2.75, 3.05) is 38.5 Å². The Hall–Kier alpha value is -2.86. The van der Waals surface area contributed by atoms with Gasteiger partial charge in [0.15, 0.2) is 0 Å². The lowest BCUT2D eigenvalue weighted by atomic mass is 10.1. The number of hydrogen-bond acceptors (Lipinski definition) is 4. The molecule has 28 heavy (non-hydrogen) atoms. The predicted molar refractivity (Wildman–Crippen MR) is 110 cm³/mol. The van der Waals surface area contributed by atoms with E-state index in [4.69, 9.17) is 4.74 Å². The molecule has 0 unspecified atom stereocenters. The molecule has 0 bridgehead atoms. The molecule has 1 aliphatic heterocycles. The molecule has 0 atom stereocenters. The summed E-state index contributed by atoms with van der Waals surface area (Å²) in [5.74, 6) is 0.271. The molecule has 3 rings (SSSR count). The van der Waals surface area contributed by atoms with Crippen molar-refractivity contribution < 1.29 is 14.3 Å². The zero-order valence-corrected chi connectivity index (χ0v) is 16.6. The Labute approximate surface area is 166 Å². The largest absolute Gasteiger partial charge is 0.490 e. The molecular formula is C22H27N3O3. The van der Waals surface area contributed by atoms with Gasteiger partial charge in [0.05, 0.1) is 11.7 Å². The average molecular weight is 381 g/mol. The maximum atomic E-state index is 12.8. The fraction of sp³-hybridized carbons (Fsp3) is 0.364. The molecule has 1 aliphatic rings. The average Bonchev–Trinajstić information content (AvgIpc) is 2.68. The Morgan fingerprint density at radius 1 is 1.00 bits per heavy atom. The summed E-state index contributed by atoms with van der Waals surface area (Å²) < 4.78 is 5.73. The van der Waals surface area contributed by atoms with Gasteiger partial charge >= 0.3 is 0 Å². The fourth-order valence-electron chi connectivity index (χ4n) is 3.13. The molecule has 1 heterocycles. The van der Waals surface area contributed by atoms with E-state index in [1.165, 1.54) is 0 Å². The highest BCUT2D eigenvalue weighted by molar-refractivity contribution is 6.06. The first-order chi connectivity index (χ1) is 13.4. The monoisotopic (exact) mass is 381 g/mol. The van der Waals surface area contributed by atoms with Crippen LogP contribution < -0.4 is 10.1 Å². The van der Waals surface area contributed by atoms with Gasteiger partial charge in [0, 0.05) is 37.4 Å². The lowest BCUT2D eigenvalue weighted by molar-refractivity contribution is 0.0664. The van der Waals surface area contributed by atoms with Crippen LogP contribution in [0.2, 0.25) is 0 Å². The van der Waals surface area contributed by atoms with Crippen LogP contribution in [0.5, 0.6) is 5.75 Å². The van der Waals surface area contributed by atoms with E-state index >= 15 is 0 Å². The highest BCUT2D eigenvalue weighted by atomic mass is 16.5. The Morgan fingerprint density at radius 2 is 1.71 bits per heavy atom. The standard InChI is InChI=1S/C22H27N3O3/c1-16(2)28-20-10-5-4-9-19(20)21(26)23-18-8-6-7-17(15-18)22(27)25-13-11-24(3)12-14-25/h4-10,15-16H,11-14H2,1-3H3,(H,23,26). The quantitative estimate of drug-likeness (QED) is 0.864. The number of nitrogens with zero attached hydrogens (tertiary/aromatic N) is 2. The third-order valence-corrected chi connectivity index (χ3v) is 4.65. The second-order valence-corrected chi connectivity index (χ2v) is 7.29. The van der Waals surface area contributed by atoms with E-state index in [2.05, 4.69) is 17.3 Å². The number of amides is 2. The second kappa shape index (κ2) is 8.89. The van der Waals surface area contributed by atoms with E-state index in [1.54, 1.807) is 42.5 Å². The number of carbonyl (C=O) groups excluding carboxylic acids is 2. The lowest BCUT2D eigenvalue weighted by Crippen LogP contribution is -2.47. The summed E-state index contributed by atoms with van der Waals surface area (Å²) in [6, 6.07) is 14.2. The number of hydrogen-bond donors (Lipinski definition) is 1. The van der Waals surface area contributed by atoms with Gasteiger partial charge in [0.1, 0.15) is 5.75 Å². The van der Waals surface area contributed by atoms with Gasteiger partial charge in [0.25, 0.3) is 11.8 Å². The summed E-state index contributed by atoms with van der Waals surface area (Å²) in [5.41, 5.74) is 1.63. The number of ether oxygens (including phenoxy) is 1. The summed E-state index contributed by atoms with van der Waals surface area (Å²) >= 11 is 0. The van der Waals surface area contributed by atoms with E-state index in [9.17, 15) is 9.59 Å². The third-order valence-electron chi connectivity index (χ3n) is 4.65. The minimum absolute atomic E-state index is 0.00672. The van der Waals surface area contributed by atoms with Crippen LogP contribution in [0.1, 0.15) is 34.6 Å². The van der Waals surface area contributed by atoms with Gasteiger partial charge in [-0.2, -0.15) is 0 Å². The Bertz CT molecular complexity index is 842. The van der Waals surface area contributed by atoms with Crippen molar-refractivity contribution in [3.8, 4) is 5.75 Å². The van der Waals surface area contributed by atoms with Crippen LogP contribution in [0.25, 0.3) is 0 Å². The van der Waals surface area contributed by atoms with Gasteiger partial charge in [-0.3, -0.25) is 9.59 Å². The van der Waals surface area contributed by atoms with E-state index in [0.717, 1.165) is 13.1 Å². The summed E-state index contributed by atoms with van der Waals surface area (Å²) in [7, 11) is 2.05. The zero-order valence-electron chi connectivity index (χ0n) is 16.6. The van der Waals surface area contributed by atoms with E-state index in [1.807, 2.05) is 24.8 Å². The molecule has 0 saturated carbocycles. The van der Waals surface area contributed by atoms with Crippen LogP contribution in [-0.4, -0.2) is 60.9 Å². The summed E-state index contributed by atoms with van der Waals surface area (Å²) in [6.45, 7) is 7.01. The number of rotatable bonds is 5. The van der Waals surface area contributed by atoms with Crippen molar-refractivity contribution in [3.05, 3.63) is 59.7 Å². The Kier molecular flexibility index (Phi) is 6.31. The maximum absolute atomic E-state index is 12.8. The Morgan fingerprint density at radius 3 is 2.43 bits per heavy atom. The van der Waals surface area contributed by atoms with Gasteiger partial charge in [-0.15, -0.1) is 0 Å². The SMILES string of the molecule is CC(C)Oc1ccccc1C(=O)Nc1cccc(C(=O)N2CCN(C)CC2)c1. The molecule has 0 radical (unpaired) electrons. The molecule has 2 aromatic carbocycles. The van der Waals surface area contributed by atoms with Crippen LogP contribution in [-0.2, 0) is 0 Å². The first kappa shape index (κ1) is 19.9. The maximum Gasteiger partial charge on any atom is 0.259 e. The van der Waals surface area contributed by atoms with E-state index in [0.29, 0.717) is 35.7 Å². The topological polar surface area (TPSA) is 61.9 Å². The number of carbonyl (C=O) groups is 2. The van der Waals surface area contributed by atoms with E-state index in [-0.39, 0.29) is 17.9 Å². The minimum atomic E-state index is -0.263. The molecule has 1 saturated heterocycles. The molecule has 2 amide bonds. The molecule has 0 aliphatic carbocycles. The summed E-state index contributed by atoms with van der Waals surface area (Å²) in [4.78, 5) is 29.6. The highest BCUT2D eigenvalue weighted by Crippen LogP contribution is 2.21. The van der Waals surface area contributed by atoms with Crippen LogP contribution in [0, 0.1) is 0 Å². The third kappa shape index (κ3) is 4.89. The van der Waals surface area contributed by atoms with Crippen LogP contribution in [0.15, 0.2) is 48.5 Å². The molecule has 0 spiro atoms. The minimum Gasteiger partial charge on any atom is -0.490 e. The smallest absolute Gasteiger partial charge is 0.259 e. The number of likely N-dealkylation sites (N-methyl/N-ethyl adjacent to an activating group) is 1. The molecule has 148 valence electrons. The van der Waals surface area contributed by atoms with Crippen LogP contribution in [0.3, 0.4) is 0 Å². The number of para-hydroxylation sites is 1. The van der Waals surface area contributed by atoms with Crippen molar-refractivity contribution in [2.24, 2.45) is 0 Å². The molecule has 6 heteroatoms. The summed E-state index contributed by atoms with van der Waals surface area (Å²) in [6.07, 6.45) is -0.0292. The zero-order chi connectivity index (χ0) is 20.1. The molecule has 6 nitrogen and oxygen atoms in total. The van der Waals surface area contributed by atoms with Gasteiger partial charge in [-0.05, 0) is 51.2 Å². The molecule has 1 N–H and O–H groups in total. The normalized spacial score (nSPS) is 14.8. The van der Waals surface area contributed by atoms with E-state index < -0.39 is 0 Å². The van der Waals surface area contributed by atoms with Crippen molar-refractivity contribution >= 4 is 17.5 Å². The fourth-order valence-corrected chi connectivity index (χ4v) is 3.13. The van der Waals surface area contributed by atoms with Crippen LogP contribution in [0.4, 0.5) is 5.69 Å². The highest BCUT2D eigenvalue weighted by Gasteiger charge is 2.21. The molecule has 1 fully saturated rings. The van der Waals surface area contributed by atoms with Crippen molar-refractivity contribution in [1.29, 1.82) is 0 Å². The van der Waals surface area contributed by atoms with Gasteiger partial charge in [-0.25, -0.2) is 0 Å². The number of anilines is 1. The first-order valence-electron chi connectivity index (χ1n) is 9.59. The van der Waals surface area contributed by atoms with Gasteiger partial charge in [0.2, 0.25) is 0 Å². The predicted octanol–water partition coefficient (Wildman–Crippen LogP) is 3.11. The lowest BCUT2D eigenvalue weighted by Gasteiger charge is -2.32. The number of benzene rings is 2. The van der Waals surface area contributed by atoms with Crippen molar-refractivity contribution in [1.82, 2.24) is 9.80 Å². The van der Waals surface area contributed by atoms with Crippen LogP contribution >= 0.6 is 0 Å².